The second-order valence-electron chi connectivity index (χ2n) is 7.67. The van der Waals surface area contributed by atoms with Crippen LogP contribution in [0.4, 0.5) is 14.5 Å². The molecular formula is C23H18ClF2N3O5. The number of ketones is 1. The number of aromatic hydroxyl groups is 1. The fraction of sp³-hybridized carbons (Fsp3) is 0.217. The molecule has 8 nitrogen and oxygen atoms in total. The normalized spacial score (nSPS) is 14.1. The van der Waals surface area contributed by atoms with Crippen molar-refractivity contribution in [2.24, 2.45) is 0 Å². The average molecular weight is 490 g/mol. The first kappa shape index (κ1) is 22.2. The molecular weight excluding hydrogens is 472 g/mol. The van der Waals surface area contributed by atoms with Crippen molar-refractivity contribution in [3.8, 4) is 22.9 Å². The van der Waals surface area contributed by atoms with Gasteiger partial charge in [0, 0.05) is 29.7 Å². The minimum Gasteiger partial charge on any atom is -0.494 e. The Morgan fingerprint density at radius 3 is 2.53 bits per heavy atom. The number of aromatic amines is 1. The van der Waals surface area contributed by atoms with Crippen LogP contribution < -0.4 is 9.64 Å². The van der Waals surface area contributed by atoms with Gasteiger partial charge >= 0.3 is 0 Å². The number of nitrogens with zero attached hydrogens (tertiary/aromatic N) is 2. The number of aromatic nitrogens is 2. The summed E-state index contributed by atoms with van der Waals surface area (Å²) in [4.78, 5) is 17.5. The maximum absolute atomic E-state index is 15.2. The van der Waals surface area contributed by atoms with Crippen LogP contribution in [0.5, 0.6) is 11.8 Å². The van der Waals surface area contributed by atoms with E-state index in [9.17, 15) is 9.90 Å². The lowest BCUT2D eigenvalue weighted by atomic mass is 9.99. The van der Waals surface area contributed by atoms with Crippen molar-refractivity contribution in [2.75, 3.05) is 38.3 Å². The van der Waals surface area contributed by atoms with Crippen molar-refractivity contribution < 1.29 is 32.7 Å². The molecule has 34 heavy (non-hydrogen) atoms. The molecule has 1 fully saturated rings. The van der Waals surface area contributed by atoms with E-state index in [2.05, 4.69) is 10.1 Å². The molecule has 0 bridgehead atoms. The predicted molar refractivity (Wildman–Crippen MR) is 120 cm³/mol. The van der Waals surface area contributed by atoms with Gasteiger partial charge in [-0.25, -0.2) is 8.78 Å². The van der Waals surface area contributed by atoms with Crippen molar-refractivity contribution in [2.45, 2.75) is 0 Å². The van der Waals surface area contributed by atoms with E-state index >= 15 is 8.78 Å². The molecule has 0 amide bonds. The number of H-pyrrole nitrogens is 1. The van der Waals surface area contributed by atoms with Crippen LogP contribution in [0.1, 0.15) is 16.1 Å². The van der Waals surface area contributed by atoms with E-state index in [0.717, 1.165) is 0 Å². The number of nitrogens with one attached hydrogen (secondary N) is 1. The summed E-state index contributed by atoms with van der Waals surface area (Å²) >= 11 is 6.36. The first-order chi connectivity index (χ1) is 16.4. The van der Waals surface area contributed by atoms with Gasteiger partial charge in [-0.1, -0.05) is 11.6 Å². The highest BCUT2D eigenvalue weighted by molar-refractivity contribution is 6.34. The highest BCUT2D eigenvalue weighted by Gasteiger charge is 2.26. The molecule has 1 aliphatic rings. The molecule has 3 heterocycles. The van der Waals surface area contributed by atoms with Crippen LogP contribution in [0, 0.1) is 11.6 Å². The summed E-state index contributed by atoms with van der Waals surface area (Å²) < 4.78 is 45.6. The van der Waals surface area contributed by atoms with Gasteiger partial charge < -0.3 is 29.0 Å². The van der Waals surface area contributed by atoms with Crippen molar-refractivity contribution in [3.05, 3.63) is 58.3 Å². The van der Waals surface area contributed by atoms with Crippen molar-refractivity contribution in [3.63, 3.8) is 0 Å². The first-order valence-corrected chi connectivity index (χ1v) is 10.7. The van der Waals surface area contributed by atoms with Crippen LogP contribution in [0.3, 0.4) is 0 Å². The van der Waals surface area contributed by atoms with Crippen LogP contribution in [-0.4, -0.2) is 54.4 Å². The summed E-state index contributed by atoms with van der Waals surface area (Å²) in [6.07, 6.45) is 0. The number of benzene rings is 2. The molecule has 2 aromatic heterocycles. The fourth-order valence-corrected chi connectivity index (χ4v) is 4.29. The average Bonchev–Trinajstić information content (AvgIpc) is 3.42. The predicted octanol–water partition coefficient (Wildman–Crippen LogP) is 4.54. The third-order valence-corrected chi connectivity index (χ3v) is 6.00. The van der Waals surface area contributed by atoms with Crippen LogP contribution in [0.2, 0.25) is 5.02 Å². The Bertz CT molecular complexity index is 1390. The second-order valence-corrected chi connectivity index (χ2v) is 8.08. The number of morpholine rings is 1. The van der Waals surface area contributed by atoms with Crippen LogP contribution in [0.15, 0.2) is 34.9 Å². The Balaban J connectivity index is 1.61. The Morgan fingerprint density at radius 1 is 1.18 bits per heavy atom. The minimum absolute atomic E-state index is 0.0286. The van der Waals surface area contributed by atoms with Gasteiger partial charge in [0.05, 0.1) is 48.1 Å². The molecule has 4 aromatic rings. The number of carbonyl (C=O) groups excluding carboxylic acids is 1. The molecule has 2 N–H and O–H groups in total. The topological polar surface area (TPSA) is 101 Å². The third-order valence-electron chi connectivity index (χ3n) is 5.69. The quantitative estimate of drug-likeness (QED) is 0.397. The Hall–Kier alpha value is -3.63. The van der Waals surface area contributed by atoms with Crippen LogP contribution in [-0.2, 0) is 4.74 Å². The number of hydrogen-bond acceptors (Lipinski definition) is 7. The van der Waals surface area contributed by atoms with Crippen LogP contribution in [0.25, 0.3) is 22.0 Å². The highest BCUT2D eigenvalue weighted by atomic mass is 35.5. The lowest BCUT2D eigenvalue weighted by molar-refractivity contribution is 0.0999. The molecule has 11 heteroatoms. The van der Waals surface area contributed by atoms with Gasteiger partial charge in [-0.05, 0) is 29.4 Å². The molecule has 5 rings (SSSR count). The molecule has 0 radical (unpaired) electrons. The van der Waals surface area contributed by atoms with E-state index < -0.39 is 23.3 Å². The number of anilines is 1. The van der Waals surface area contributed by atoms with E-state index in [1.54, 1.807) is 0 Å². The van der Waals surface area contributed by atoms with Gasteiger partial charge in [0.15, 0.2) is 0 Å². The summed E-state index contributed by atoms with van der Waals surface area (Å²) in [5.74, 6) is -2.87. The van der Waals surface area contributed by atoms with E-state index in [4.69, 9.17) is 25.6 Å². The third kappa shape index (κ3) is 3.74. The van der Waals surface area contributed by atoms with Gasteiger partial charge in [-0.15, -0.1) is 0 Å². The zero-order valence-electron chi connectivity index (χ0n) is 17.8. The number of halogens is 3. The maximum Gasteiger partial charge on any atom is 0.254 e. The number of rotatable bonds is 5. The summed E-state index contributed by atoms with van der Waals surface area (Å²) in [5.41, 5.74) is 0.225. The Labute approximate surface area is 196 Å². The smallest absolute Gasteiger partial charge is 0.254 e. The minimum atomic E-state index is -0.810. The van der Waals surface area contributed by atoms with Gasteiger partial charge in [0.25, 0.3) is 5.88 Å². The molecule has 0 atom stereocenters. The number of ether oxygens (including phenoxy) is 2. The molecule has 1 saturated heterocycles. The maximum atomic E-state index is 15.2. The Kier molecular flexibility index (Phi) is 5.62. The molecule has 0 aliphatic carbocycles. The van der Waals surface area contributed by atoms with Crippen LogP contribution >= 0.6 is 11.6 Å². The van der Waals surface area contributed by atoms with Gasteiger partial charge in [0.2, 0.25) is 17.4 Å². The van der Waals surface area contributed by atoms with Gasteiger partial charge in [0.1, 0.15) is 11.6 Å². The van der Waals surface area contributed by atoms with E-state index in [1.165, 1.54) is 37.4 Å². The molecule has 0 spiro atoms. The number of fused-ring (bicyclic) bond motifs is 1. The largest absolute Gasteiger partial charge is 0.494 e. The molecule has 1 aliphatic heterocycles. The van der Waals surface area contributed by atoms with Crippen molar-refractivity contribution in [1.82, 2.24) is 10.1 Å². The van der Waals surface area contributed by atoms with E-state index in [0.29, 0.717) is 37.5 Å². The first-order valence-electron chi connectivity index (χ1n) is 10.3. The number of hydrogen-bond donors (Lipinski definition) is 2. The summed E-state index contributed by atoms with van der Waals surface area (Å²) in [5, 5.41) is 14.2. The van der Waals surface area contributed by atoms with E-state index in [-0.39, 0.29) is 38.7 Å². The standard InChI is InChI=1S/C23H18ClF2N3O5/c1-32-19-10-18(34-28-19)22(30)21-13-8-12(14(24)9-17(13)27-23(21)31)20-15(25)6-11(7-16(20)26)29-2-4-33-5-3-29/h6-10,27,31H,2-5H2,1H3. The fourth-order valence-electron chi connectivity index (χ4n) is 4.03. The Morgan fingerprint density at radius 2 is 1.88 bits per heavy atom. The van der Waals surface area contributed by atoms with E-state index in [1.807, 2.05) is 4.90 Å². The van der Waals surface area contributed by atoms with Crippen molar-refractivity contribution in [1.29, 1.82) is 0 Å². The molecule has 176 valence electrons. The highest BCUT2D eigenvalue weighted by Crippen LogP contribution is 2.40. The number of methoxy groups -OCH3 is 1. The zero-order valence-corrected chi connectivity index (χ0v) is 18.6. The summed E-state index contributed by atoms with van der Waals surface area (Å²) in [7, 11) is 1.36. The summed E-state index contributed by atoms with van der Waals surface area (Å²) in [6, 6.07) is 6.49. The lowest BCUT2D eigenvalue weighted by Crippen LogP contribution is -2.36. The van der Waals surface area contributed by atoms with Crippen molar-refractivity contribution >= 4 is 34.0 Å². The second kappa shape index (κ2) is 8.62. The molecule has 0 unspecified atom stereocenters. The number of carbonyl (C=O) groups is 1. The lowest BCUT2D eigenvalue weighted by Gasteiger charge is -2.29. The van der Waals surface area contributed by atoms with Gasteiger partial charge in [-0.3, -0.25) is 4.79 Å². The SMILES string of the molecule is COc1cc(C(=O)c2c(O)[nH]c3cc(Cl)c(-c4c(F)cc(N5CCOCC5)cc4F)cc23)on1. The molecule has 0 saturated carbocycles. The van der Waals surface area contributed by atoms with Gasteiger partial charge in [-0.2, -0.15) is 0 Å². The zero-order chi connectivity index (χ0) is 24.0. The molecule has 2 aromatic carbocycles. The monoisotopic (exact) mass is 489 g/mol. The summed E-state index contributed by atoms with van der Waals surface area (Å²) in [6.45, 7) is 1.98.